The van der Waals surface area contributed by atoms with Crippen molar-refractivity contribution in [3.8, 4) is 0 Å². The number of aliphatic hydroxyl groups is 1. The van der Waals surface area contributed by atoms with Gasteiger partial charge in [0.25, 0.3) is 0 Å². The molecule has 2 aromatic rings. The Bertz CT molecular complexity index is 675. The number of aliphatic hydroxyl groups excluding tert-OH is 1. The van der Waals surface area contributed by atoms with Gasteiger partial charge in [-0.3, -0.25) is 4.90 Å². The van der Waals surface area contributed by atoms with E-state index in [1.807, 2.05) is 0 Å². The fraction of sp³-hybridized carbons (Fsp3) is 0.579. The first-order chi connectivity index (χ1) is 10.8. The number of β-amino-alcohol motifs (C(OH)–C–C–N with tert-alkyl or cyclic N) is 1. The Hall–Kier alpha value is -1.32. The molecule has 4 rings (SSSR count). The molecule has 3 heteroatoms. The highest BCUT2D eigenvalue weighted by molar-refractivity contribution is 5.85. The summed E-state index contributed by atoms with van der Waals surface area (Å²) < 4.78 is 0. The van der Waals surface area contributed by atoms with Gasteiger partial charge in [0.05, 0.1) is 6.61 Å². The maximum Gasteiger partial charge on any atom is 0.0558 e. The lowest BCUT2D eigenvalue weighted by atomic mass is 9.62. The normalized spacial score (nSPS) is 28.5. The molecule has 1 unspecified atom stereocenters. The molecule has 118 valence electrons. The van der Waals surface area contributed by atoms with E-state index < -0.39 is 0 Å². The molecule has 3 nitrogen and oxygen atoms in total. The van der Waals surface area contributed by atoms with Crippen LogP contribution in [0.25, 0.3) is 10.9 Å². The number of aromatic amines is 1. The van der Waals surface area contributed by atoms with Gasteiger partial charge in [0, 0.05) is 29.2 Å². The molecule has 0 saturated carbocycles. The van der Waals surface area contributed by atoms with Crippen molar-refractivity contribution in [3.05, 3.63) is 35.5 Å². The molecule has 1 aliphatic carbocycles. The summed E-state index contributed by atoms with van der Waals surface area (Å²) in [6.45, 7) is 4.53. The smallest absolute Gasteiger partial charge is 0.0558 e. The van der Waals surface area contributed by atoms with Crippen LogP contribution in [0.15, 0.2) is 24.3 Å². The van der Waals surface area contributed by atoms with E-state index in [0.29, 0.717) is 11.5 Å². The Labute approximate surface area is 132 Å². The van der Waals surface area contributed by atoms with Crippen LogP contribution in [0, 0.1) is 5.41 Å². The van der Waals surface area contributed by atoms with Crippen molar-refractivity contribution in [2.24, 2.45) is 5.41 Å². The second kappa shape index (κ2) is 5.39. The predicted octanol–water partition coefficient (Wildman–Crippen LogP) is 3.64. The van der Waals surface area contributed by atoms with Crippen LogP contribution in [0.3, 0.4) is 0 Å². The number of hydrogen-bond donors (Lipinski definition) is 2. The Morgan fingerprint density at radius 3 is 3.00 bits per heavy atom. The molecule has 1 aromatic carbocycles. The highest BCUT2D eigenvalue weighted by Gasteiger charge is 2.47. The number of H-pyrrole nitrogens is 1. The third-order valence-corrected chi connectivity index (χ3v) is 6.13. The van der Waals surface area contributed by atoms with Gasteiger partial charge in [-0.05, 0) is 55.7 Å². The lowest BCUT2D eigenvalue weighted by Gasteiger charge is -2.52. The van der Waals surface area contributed by atoms with E-state index in [2.05, 4.69) is 41.1 Å². The molecule has 1 aromatic heterocycles. The Balaban J connectivity index is 1.90. The van der Waals surface area contributed by atoms with Crippen molar-refractivity contribution in [3.63, 3.8) is 0 Å². The van der Waals surface area contributed by atoms with Gasteiger partial charge in [0.15, 0.2) is 0 Å². The van der Waals surface area contributed by atoms with Crippen molar-refractivity contribution in [2.45, 2.75) is 45.1 Å². The van der Waals surface area contributed by atoms with Crippen molar-refractivity contribution in [1.29, 1.82) is 0 Å². The number of nitrogens with one attached hydrogen (secondary N) is 1. The Kier molecular flexibility index (Phi) is 3.50. The lowest BCUT2D eigenvalue weighted by Crippen LogP contribution is -2.49. The molecule has 22 heavy (non-hydrogen) atoms. The number of hydrogen-bond acceptors (Lipinski definition) is 2. The number of aryl methyl sites for hydroxylation is 1. The van der Waals surface area contributed by atoms with E-state index in [0.717, 1.165) is 13.1 Å². The third-order valence-electron chi connectivity index (χ3n) is 6.13. The predicted molar refractivity (Wildman–Crippen MR) is 90.0 cm³/mol. The van der Waals surface area contributed by atoms with Crippen molar-refractivity contribution >= 4 is 10.9 Å². The molecule has 1 fully saturated rings. The number of aromatic nitrogens is 1. The summed E-state index contributed by atoms with van der Waals surface area (Å²) in [4.78, 5) is 6.21. The van der Waals surface area contributed by atoms with Crippen LogP contribution in [0.2, 0.25) is 0 Å². The molecule has 0 bridgehead atoms. The topological polar surface area (TPSA) is 39.3 Å². The van der Waals surface area contributed by atoms with E-state index in [-0.39, 0.29) is 6.61 Å². The second-order valence-electron chi connectivity index (χ2n) is 7.04. The zero-order valence-electron chi connectivity index (χ0n) is 13.4. The molecule has 0 amide bonds. The first-order valence-electron chi connectivity index (χ1n) is 8.73. The van der Waals surface area contributed by atoms with Crippen LogP contribution < -0.4 is 0 Å². The van der Waals surface area contributed by atoms with Gasteiger partial charge in [-0.25, -0.2) is 0 Å². The average molecular weight is 298 g/mol. The van der Waals surface area contributed by atoms with Crippen LogP contribution >= 0.6 is 0 Å². The molecular formula is C19H26N2O. The monoisotopic (exact) mass is 298 g/mol. The summed E-state index contributed by atoms with van der Waals surface area (Å²) in [7, 11) is 0. The maximum absolute atomic E-state index is 9.53. The molecule has 0 radical (unpaired) electrons. The largest absolute Gasteiger partial charge is 0.395 e. The molecule has 1 aliphatic heterocycles. The van der Waals surface area contributed by atoms with Gasteiger partial charge in [-0.15, -0.1) is 0 Å². The van der Waals surface area contributed by atoms with Crippen LogP contribution in [0.1, 0.15) is 49.9 Å². The number of rotatable bonds is 3. The van der Waals surface area contributed by atoms with Crippen molar-refractivity contribution in [2.75, 3.05) is 19.7 Å². The van der Waals surface area contributed by atoms with Crippen LogP contribution in [0.4, 0.5) is 0 Å². The molecule has 2 N–H and O–H groups in total. The average Bonchev–Trinajstić information content (AvgIpc) is 2.93. The number of para-hydroxylation sites is 1. The summed E-state index contributed by atoms with van der Waals surface area (Å²) in [6, 6.07) is 9.20. The summed E-state index contributed by atoms with van der Waals surface area (Å²) in [5, 5.41) is 10.9. The summed E-state index contributed by atoms with van der Waals surface area (Å²) in [5.41, 5.74) is 4.62. The molecule has 2 atom stereocenters. The Morgan fingerprint density at radius 2 is 2.18 bits per heavy atom. The van der Waals surface area contributed by atoms with Crippen molar-refractivity contribution in [1.82, 2.24) is 9.88 Å². The van der Waals surface area contributed by atoms with Gasteiger partial charge in [0.2, 0.25) is 0 Å². The number of benzene rings is 1. The summed E-state index contributed by atoms with van der Waals surface area (Å²) >= 11 is 0. The number of fused-ring (bicyclic) bond motifs is 5. The standard InChI is InChI=1S/C19H26N2O/c1-2-19-9-5-11-21(12-13-22)18(19)17-14-6-3-4-7-15(14)20-16(17)8-10-19/h3-4,6-7,18,20,22H,2,5,8-13H2,1H3/t18?,19-/m1/s1. The number of nitrogens with zero attached hydrogens (tertiary/aromatic N) is 1. The third kappa shape index (κ3) is 1.95. The summed E-state index contributed by atoms with van der Waals surface area (Å²) in [6.07, 6.45) is 6.27. The molecule has 1 saturated heterocycles. The highest BCUT2D eigenvalue weighted by atomic mass is 16.3. The minimum Gasteiger partial charge on any atom is -0.395 e. The van der Waals surface area contributed by atoms with Crippen molar-refractivity contribution < 1.29 is 5.11 Å². The molecular weight excluding hydrogens is 272 g/mol. The quantitative estimate of drug-likeness (QED) is 0.908. The number of likely N-dealkylation sites (tertiary alicyclic amines) is 1. The van der Waals surface area contributed by atoms with Gasteiger partial charge >= 0.3 is 0 Å². The first kappa shape index (κ1) is 14.3. The van der Waals surface area contributed by atoms with E-state index in [1.54, 1.807) is 0 Å². The lowest BCUT2D eigenvalue weighted by molar-refractivity contribution is -0.0133. The van der Waals surface area contributed by atoms with Gasteiger partial charge in [-0.2, -0.15) is 0 Å². The van der Waals surface area contributed by atoms with Crippen LogP contribution in [-0.4, -0.2) is 34.7 Å². The van der Waals surface area contributed by atoms with E-state index >= 15 is 0 Å². The minimum atomic E-state index is 0.258. The second-order valence-corrected chi connectivity index (χ2v) is 7.04. The fourth-order valence-corrected chi connectivity index (χ4v) is 5.06. The first-order valence-corrected chi connectivity index (χ1v) is 8.73. The van der Waals surface area contributed by atoms with Gasteiger partial charge in [0.1, 0.15) is 0 Å². The van der Waals surface area contributed by atoms with Crippen LogP contribution in [-0.2, 0) is 6.42 Å². The van der Waals surface area contributed by atoms with E-state index in [1.165, 1.54) is 54.3 Å². The number of piperidine rings is 1. The fourth-order valence-electron chi connectivity index (χ4n) is 5.06. The molecule has 2 aliphatic rings. The van der Waals surface area contributed by atoms with E-state index in [4.69, 9.17) is 0 Å². The zero-order valence-corrected chi connectivity index (χ0v) is 13.4. The maximum atomic E-state index is 9.53. The van der Waals surface area contributed by atoms with Gasteiger partial charge in [-0.1, -0.05) is 25.1 Å². The molecule has 0 spiro atoms. The van der Waals surface area contributed by atoms with Crippen LogP contribution in [0.5, 0.6) is 0 Å². The summed E-state index contributed by atoms with van der Waals surface area (Å²) in [5.74, 6) is 0. The van der Waals surface area contributed by atoms with Gasteiger partial charge < -0.3 is 10.1 Å². The molecule has 2 heterocycles. The highest BCUT2D eigenvalue weighted by Crippen LogP contribution is 2.55. The SMILES string of the molecule is CC[C@]12CCCN(CCO)C1c1c([nH]c3ccccc13)CC2. The zero-order chi connectivity index (χ0) is 15.2. The minimum absolute atomic E-state index is 0.258. The van der Waals surface area contributed by atoms with E-state index in [9.17, 15) is 5.11 Å². The Morgan fingerprint density at radius 1 is 1.32 bits per heavy atom.